The average Bonchev–Trinajstić information content (AvgIpc) is 2.53. The van der Waals surface area contributed by atoms with E-state index in [1.165, 1.54) is 0 Å². The molecule has 2 heterocycles. The summed E-state index contributed by atoms with van der Waals surface area (Å²) in [5, 5.41) is 12.0. The van der Waals surface area contributed by atoms with Gasteiger partial charge in [-0.3, -0.25) is 0 Å². The van der Waals surface area contributed by atoms with Crippen LogP contribution in [0.2, 0.25) is 0 Å². The topological polar surface area (TPSA) is 51.8 Å². The summed E-state index contributed by atoms with van der Waals surface area (Å²) >= 11 is 0. The summed E-state index contributed by atoms with van der Waals surface area (Å²) < 4.78 is 4.83. The van der Waals surface area contributed by atoms with Crippen LogP contribution in [-0.4, -0.2) is 15.4 Å². The Kier molecular flexibility index (Phi) is 2.74. The van der Waals surface area contributed by atoms with E-state index in [9.17, 15) is 0 Å². The molecule has 0 unspecified atom stereocenters. The molecule has 0 saturated carbocycles. The molecule has 0 radical (unpaired) electrons. The maximum Gasteiger partial charge on any atom is 0.276 e. The summed E-state index contributed by atoms with van der Waals surface area (Å²) in [6.07, 6.45) is 1.62. The van der Waals surface area contributed by atoms with E-state index in [0.717, 1.165) is 11.1 Å². The van der Waals surface area contributed by atoms with Crippen molar-refractivity contribution in [1.82, 2.24) is 15.4 Å². The van der Waals surface area contributed by atoms with E-state index in [-0.39, 0.29) is 0 Å². The summed E-state index contributed by atoms with van der Waals surface area (Å²) in [5.74, 6) is 0. The van der Waals surface area contributed by atoms with Crippen LogP contribution >= 0.6 is 0 Å². The first-order chi connectivity index (χ1) is 5.88. The van der Waals surface area contributed by atoms with Gasteiger partial charge >= 0.3 is 0 Å². The lowest BCUT2D eigenvalue weighted by atomic mass is 10.3. The molecule has 2 rings (SSSR count). The fraction of sp³-hybridized carbons (Fsp3) is 0.375. The summed E-state index contributed by atoms with van der Waals surface area (Å²) in [7, 11) is 0. The molecule has 0 atom stereocenters. The van der Waals surface area contributed by atoms with Crippen LogP contribution in [0.5, 0.6) is 0 Å². The maximum atomic E-state index is 4.83. The van der Waals surface area contributed by atoms with E-state index < -0.39 is 0 Å². The molecule has 0 N–H and O–H groups in total. The zero-order valence-corrected chi connectivity index (χ0v) is 7.40. The highest BCUT2D eigenvalue weighted by molar-refractivity contribution is 5.74. The predicted octanol–water partition coefficient (Wildman–Crippen LogP) is 1.95. The molecule has 0 saturated heterocycles. The van der Waals surface area contributed by atoms with Gasteiger partial charge in [0.25, 0.3) is 5.71 Å². The first-order valence-corrected chi connectivity index (χ1v) is 3.91. The van der Waals surface area contributed by atoms with Crippen LogP contribution in [0.4, 0.5) is 0 Å². The number of hydrogen-bond donors (Lipinski definition) is 0. The smallest absolute Gasteiger partial charge is 0.276 e. The Hall–Kier alpha value is -1.45. The molecule has 2 aromatic rings. The van der Waals surface area contributed by atoms with Crippen molar-refractivity contribution in [2.24, 2.45) is 0 Å². The van der Waals surface area contributed by atoms with Crippen LogP contribution in [0.3, 0.4) is 0 Å². The molecule has 0 fully saturated rings. The quantitative estimate of drug-likeness (QED) is 0.598. The third-order valence-electron chi connectivity index (χ3n) is 1.35. The molecule has 12 heavy (non-hydrogen) atoms. The van der Waals surface area contributed by atoms with Gasteiger partial charge in [0, 0.05) is 0 Å². The van der Waals surface area contributed by atoms with Crippen LogP contribution in [-0.2, 0) is 0 Å². The Morgan fingerprint density at radius 1 is 1.33 bits per heavy atom. The lowest BCUT2D eigenvalue weighted by Gasteiger charge is -1.80. The highest BCUT2D eigenvalue weighted by atomic mass is 16.5. The fourth-order valence-electron chi connectivity index (χ4n) is 0.822. The van der Waals surface area contributed by atoms with Crippen LogP contribution in [0, 0.1) is 6.92 Å². The van der Waals surface area contributed by atoms with Gasteiger partial charge in [-0.25, -0.2) is 0 Å². The van der Waals surface area contributed by atoms with E-state index in [0.29, 0.717) is 5.71 Å². The highest BCUT2D eigenvalue weighted by Crippen LogP contribution is 2.11. The van der Waals surface area contributed by atoms with Crippen molar-refractivity contribution in [2.75, 3.05) is 0 Å². The maximum absolute atomic E-state index is 4.83. The molecule has 0 aliphatic carbocycles. The number of fused-ring (bicyclic) bond motifs is 1. The van der Waals surface area contributed by atoms with Gasteiger partial charge in [-0.1, -0.05) is 19.0 Å². The predicted molar refractivity (Wildman–Crippen MR) is 45.7 cm³/mol. The minimum Gasteiger partial charge on any atom is -0.334 e. The van der Waals surface area contributed by atoms with Crippen molar-refractivity contribution in [3.05, 3.63) is 18.0 Å². The molecule has 0 aliphatic rings. The van der Waals surface area contributed by atoms with Crippen LogP contribution in [0.15, 0.2) is 16.8 Å². The van der Waals surface area contributed by atoms with Crippen molar-refractivity contribution in [1.29, 1.82) is 0 Å². The Balaban J connectivity index is 0.000000336. The van der Waals surface area contributed by atoms with Crippen molar-refractivity contribution in [3.8, 4) is 0 Å². The monoisotopic (exact) mass is 165 g/mol. The summed E-state index contributed by atoms with van der Waals surface area (Å²) in [5.41, 5.74) is 1.35. The van der Waals surface area contributed by atoms with E-state index in [1.54, 1.807) is 6.20 Å². The minimum absolute atomic E-state index is 0.500. The van der Waals surface area contributed by atoms with Gasteiger partial charge in [-0.05, 0) is 13.0 Å². The molecule has 0 aliphatic heterocycles. The van der Waals surface area contributed by atoms with Crippen LogP contribution < -0.4 is 0 Å². The second-order valence-corrected chi connectivity index (χ2v) is 2.02. The van der Waals surface area contributed by atoms with E-state index in [1.807, 2.05) is 26.8 Å². The molecule has 4 nitrogen and oxygen atoms in total. The van der Waals surface area contributed by atoms with Crippen LogP contribution in [0.1, 0.15) is 19.5 Å². The zero-order chi connectivity index (χ0) is 8.97. The lowest BCUT2D eigenvalue weighted by Crippen LogP contribution is -1.77. The summed E-state index contributed by atoms with van der Waals surface area (Å²) in [6.45, 7) is 5.87. The normalized spacial score (nSPS) is 9.25. The molecular weight excluding hydrogens is 154 g/mol. The Morgan fingerprint density at radius 3 is 2.75 bits per heavy atom. The third kappa shape index (κ3) is 1.42. The van der Waals surface area contributed by atoms with Crippen molar-refractivity contribution in [3.63, 3.8) is 0 Å². The SMILES string of the molecule is CC.Cc1noc2nnccc12. The molecule has 0 spiro atoms. The van der Waals surface area contributed by atoms with E-state index in [4.69, 9.17) is 4.52 Å². The number of nitrogens with zero attached hydrogens (tertiary/aromatic N) is 3. The molecule has 4 heteroatoms. The fourth-order valence-corrected chi connectivity index (χ4v) is 0.822. The number of aryl methyl sites for hydroxylation is 1. The Labute approximate surface area is 70.6 Å². The minimum atomic E-state index is 0.500. The summed E-state index contributed by atoms with van der Waals surface area (Å²) in [6, 6.07) is 1.83. The second kappa shape index (κ2) is 3.80. The number of rotatable bonds is 0. The highest BCUT2D eigenvalue weighted by Gasteiger charge is 2.02. The van der Waals surface area contributed by atoms with E-state index in [2.05, 4.69) is 15.4 Å². The van der Waals surface area contributed by atoms with Crippen molar-refractivity contribution < 1.29 is 4.52 Å². The standard InChI is InChI=1S/C6H5N3O.C2H6/c1-4-5-2-3-7-8-6(5)10-9-4;1-2/h2-3H,1H3;1-2H3. The first-order valence-electron chi connectivity index (χ1n) is 3.91. The van der Waals surface area contributed by atoms with Gasteiger partial charge in [0.2, 0.25) is 0 Å². The average molecular weight is 165 g/mol. The van der Waals surface area contributed by atoms with E-state index >= 15 is 0 Å². The van der Waals surface area contributed by atoms with Gasteiger partial charge in [-0.15, -0.1) is 5.10 Å². The van der Waals surface area contributed by atoms with Gasteiger partial charge in [0.1, 0.15) is 0 Å². The van der Waals surface area contributed by atoms with Crippen LogP contribution in [0.25, 0.3) is 11.1 Å². The molecule has 64 valence electrons. The zero-order valence-electron chi connectivity index (χ0n) is 7.40. The van der Waals surface area contributed by atoms with Gasteiger partial charge in [-0.2, -0.15) is 5.10 Å². The lowest BCUT2D eigenvalue weighted by molar-refractivity contribution is 0.440. The number of hydrogen-bond acceptors (Lipinski definition) is 4. The first kappa shape index (κ1) is 8.64. The molecule has 0 amide bonds. The molecule has 0 bridgehead atoms. The summed E-state index contributed by atoms with van der Waals surface area (Å²) in [4.78, 5) is 0. The van der Waals surface area contributed by atoms with Gasteiger partial charge < -0.3 is 4.52 Å². The van der Waals surface area contributed by atoms with Crippen molar-refractivity contribution >= 4 is 11.1 Å². The van der Waals surface area contributed by atoms with Gasteiger partial charge in [0.05, 0.1) is 17.3 Å². The second-order valence-electron chi connectivity index (χ2n) is 2.02. The number of aromatic nitrogens is 3. The Morgan fingerprint density at radius 2 is 2.08 bits per heavy atom. The van der Waals surface area contributed by atoms with Gasteiger partial charge in [0.15, 0.2) is 0 Å². The third-order valence-corrected chi connectivity index (χ3v) is 1.35. The largest absolute Gasteiger partial charge is 0.334 e. The Bertz CT molecular complexity index is 356. The molecular formula is C8H11N3O. The van der Waals surface area contributed by atoms with Crippen molar-refractivity contribution in [2.45, 2.75) is 20.8 Å². The molecule has 0 aromatic carbocycles. The molecule has 2 aromatic heterocycles.